The number of piperidine rings is 1. The SMILES string of the molecule is CC(C)(C)OC(=O)N1[C@@H]2CC[C@H]1CC(c1cc(N(COCC[Si](C)(C)C)COCC[Si](C)(C)C)n3ncc(-c4ccc(-c5ccccc5)nc4)c3n1)C2. The topological polar surface area (TPSA) is 94.3 Å². The minimum absolute atomic E-state index is 0.125. The smallest absolute Gasteiger partial charge is 0.410 e. The van der Waals surface area contributed by atoms with Gasteiger partial charge in [0.1, 0.15) is 24.9 Å². The molecular weight excluding hydrogens is 697 g/mol. The number of hydrogen-bond acceptors (Lipinski definition) is 8. The maximum atomic E-state index is 13.3. The Labute approximate surface area is 318 Å². The average Bonchev–Trinajstić information content (AvgIpc) is 3.63. The summed E-state index contributed by atoms with van der Waals surface area (Å²) in [5.41, 5.74) is 5.14. The number of aromatic nitrogens is 4. The van der Waals surface area contributed by atoms with Gasteiger partial charge in [-0.3, -0.25) is 4.98 Å². The van der Waals surface area contributed by atoms with E-state index in [1.165, 1.54) is 0 Å². The molecule has 1 aromatic carbocycles. The predicted octanol–water partition coefficient (Wildman–Crippen LogP) is 9.53. The van der Waals surface area contributed by atoms with E-state index in [1.54, 1.807) is 0 Å². The molecule has 1 amide bonds. The molecule has 2 saturated heterocycles. The molecule has 2 aliphatic rings. The minimum atomic E-state index is -1.27. The maximum absolute atomic E-state index is 13.3. The molecule has 3 aromatic heterocycles. The number of fused-ring (bicyclic) bond motifs is 3. The molecule has 2 fully saturated rings. The zero-order valence-corrected chi connectivity index (χ0v) is 35.4. The van der Waals surface area contributed by atoms with Crippen molar-refractivity contribution in [2.24, 2.45) is 0 Å². The van der Waals surface area contributed by atoms with Gasteiger partial charge in [-0.15, -0.1) is 0 Å². The summed E-state index contributed by atoms with van der Waals surface area (Å²) in [6.45, 7) is 22.2. The summed E-state index contributed by atoms with van der Waals surface area (Å²) in [4.78, 5) is 27.7. The molecule has 0 aliphatic carbocycles. The maximum Gasteiger partial charge on any atom is 0.410 e. The van der Waals surface area contributed by atoms with Crippen molar-refractivity contribution in [2.75, 3.05) is 31.6 Å². The molecule has 6 rings (SSSR count). The lowest BCUT2D eigenvalue weighted by molar-refractivity contribution is 0.00569. The lowest BCUT2D eigenvalue weighted by atomic mass is 9.88. The van der Waals surface area contributed by atoms with Gasteiger partial charge in [-0.05, 0) is 64.6 Å². The Balaban J connectivity index is 1.36. The van der Waals surface area contributed by atoms with Crippen LogP contribution in [0.25, 0.3) is 28.0 Å². The van der Waals surface area contributed by atoms with E-state index in [0.29, 0.717) is 26.7 Å². The Morgan fingerprint density at radius 3 is 2.02 bits per heavy atom. The molecule has 1 unspecified atom stereocenters. The average molecular weight is 757 g/mol. The fourth-order valence-electron chi connectivity index (χ4n) is 7.24. The first-order valence-corrected chi connectivity index (χ1v) is 26.8. The van der Waals surface area contributed by atoms with Crippen molar-refractivity contribution in [1.82, 2.24) is 24.5 Å². The van der Waals surface area contributed by atoms with Crippen molar-refractivity contribution in [2.45, 2.75) is 121 Å². The molecule has 3 atom stereocenters. The van der Waals surface area contributed by atoms with Crippen LogP contribution < -0.4 is 4.90 Å². The summed E-state index contributed by atoms with van der Waals surface area (Å²) < 4.78 is 20.6. The van der Waals surface area contributed by atoms with Crippen LogP contribution in [0, 0.1) is 0 Å². The van der Waals surface area contributed by atoms with E-state index in [0.717, 1.165) is 77.3 Å². The normalized spacial score (nSPS) is 19.2. The minimum Gasteiger partial charge on any atom is -0.444 e. The van der Waals surface area contributed by atoms with Crippen molar-refractivity contribution in [1.29, 1.82) is 0 Å². The van der Waals surface area contributed by atoms with E-state index in [1.807, 2.05) is 60.8 Å². The Kier molecular flexibility index (Phi) is 11.8. The molecule has 2 bridgehead atoms. The predicted molar refractivity (Wildman–Crippen MR) is 219 cm³/mol. The number of anilines is 1. The van der Waals surface area contributed by atoms with Gasteiger partial charge in [0.15, 0.2) is 5.65 Å². The summed E-state index contributed by atoms with van der Waals surface area (Å²) in [6.07, 6.45) is 7.27. The van der Waals surface area contributed by atoms with Crippen LogP contribution in [0.1, 0.15) is 58.1 Å². The number of carbonyl (C=O) groups excluding carboxylic acids is 1. The van der Waals surface area contributed by atoms with Crippen molar-refractivity contribution in [3.63, 3.8) is 0 Å². The largest absolute Gasteiger partial charge is 0.444 e. The van der Waals surface area contributed by atoms with Crippen LogP contribution in [-0.2, 0) is 14.2 Å². The number of pyridine rings is 1. The highest BCUT2D eigenvalue weighted by Crippen LogP contribution is 2.44. The molecule has 10 nitrogen and oxygen atoms in total. The van der Waals surface area contributed by atoms with Crippen molar-refractivity contribution >= 4 is 33.7 Å². The first-order chi connectivity index (χ1) is 25.0. The van der Waals surface area contributed by atoms with Gasteiger partial charge in [-0.1, -0.05) is 75.7 Å². The number of benzene rings is 1. The highest BCUT2D eigenvalue weighted by atomic mass is 28.3. The highest BCUT2D eigenvalue weighted by molar-refractivity contribution is 6.76. The molecule has 2 aliphatic heterocycles. The number of carbonyl (C=O) groups is 1. The van der Waals surface area contributed by atoms with E-state index in [2.05, 4.69) is 74.5 Å². The molecule has 5 heterocycles. The van der Waals surface area contributed by atoms with E-state index in [4.69, 9.17) is 29.3 Å². The number of nitrogens with zero attached hydrogens (tertiary/aromatic N) is 6. The Morgan fingerprint density at radius 1 is 0.849 bits per heavy atom. The third kappa shape index (κ3) is 10.1. The second-order valence-corrected chi connectivity index (χ2v) is 29.6. The first-order valence-electron chi connectivity index (χ1n) is 19.4. The van der Waals surface area contributed by atoms with Crippen LogP contribution in [0.4, 0.5) is 10.6 Å². The number of ether oxygens (including phenoxy) is 3. The Bertz CT molecular complexity index is 1800. The summed E-state index contributed by atoms with van der Waals surface area (Å²) in [5.74, 6) is 1.08. The second kappa shape index (κ2) is 16.0. The van der Waals surface area contributed by atoms with Crippen LogP contribution in [-0.4, -0.2) is 91.1 Å². The summed E-state index contributed by atoms with van der Waals surface area (Å²) in [5, 5.41) is 4.95. The van der Waals surface area contributed by atoms with Crippen LogP contribution in [0.15, 0.2) is 60.9 Å². The van der Waals surface area contributed by atoms with Crippen molar-refractivity contribution in [3.05, 3.63) is 66.6 Å². The number of hydrogen-bond donors (Lipinski definition) is 0. The van der Waals surface area contributed by atoms with Gasteiger partial charge < -0.3 is 24.0 Å². The number of rotatable bonds is 14. The lowest BCUT2D eigenvalue weighted by Gasteiger charge is -2.39. The van der Waals surface area contributed by atoms with Crippen LogP contribution in [0.2, 0.25) is 51.4 Å². The molecule has 0 spiro atoms. The monoisotopic (exact) mass is 756 g/mol. The summed E-state index contributed by atoms with van der Waals surface area (Å²) >= 11 is 0. The molecule has 53 heavy (non-hydrogen) atoms. The third-order valence-corrected chi connectivity index (χ3v) is 13.6. The van der Waals surface area contributed by atoms with E-state index in [-0.39, 0.29) is 24.1 Å². The quantitative estimate of drug-likeness (QED) is 0.0714. The standard InChI is InChI=1S/C41H60N6O4Si2/c1-41(2,3)51-40(48)46-33-16-17-34(46)24-32(23-33)37-25-38(45(28-49-19-21-52(4,5)6)29-50-20-22-53(7,8)9)47-39(44-37)35(27-43-47)31-15-18-36(42-26-31)30-13-11-10-12-14-30/h10-15,18,25-27,32-34H,16-17,19-24,28-29H2,1-9H3/t32?,33-,34+. The number of amides is 1. The van der Waals surface area contributed by atoms with Gasteiger partial charge in [-0.25, -0.2) is 9.78 Å². The van der Waals surface area contributed by atoms with Crippen LogP contribution in [0.5, 0.6) is 0 Å². The van der Waals surface area contributed by atoms with Crippen LogP contribution >= 0.6 is 0 Å². The molecule has 286 valence electrons. The van der Waals surface area contributed by atoms with Gasteiger partial charge in [-0.2, -0.15) is 9.61 Å². The molecule has 0 radical (unpaired) electrons. The van der Waals surface area contributed by atoms with Crippen molar-refractivity contribution < 1.29 is 19.0 Å². The van der Waals surface area contributed by atoms with E-state index in [9.17, 15) is 4.79 Å². The van der Waals surface area contributed by atoms with Gasteiger partial charge in [0.25, 0.3) is 0 Å². The van der Waals surface area contributed by atoms with Crippen LogP contribution in [0.3, 0.4) is 0 Å². The van der Waals surface area contributed by atoms with Gasteiger partial charge in [0.2, 0.25) is 0 Å². The van der Waals surface area contributed by atoms with Gasteiger partial charge in [0.05, 0.1) is 11.9 Å². The second-order valence-electron chi connectivity index (χ2n) is 18.3. The zero-order valence-electron chi connectivity index (χ0n) is 33.4. The van der Waals surface area contributed by atoms with E-state index < -0.39 is 21.7 Å². The van der Waals surface area contributed by atoms with Crippen molar-refractivity contribution in [3.8, 4) is 22.4 Å². The summed E-state index contributed by atoms with van der Waals surface area (Å²) in [6, 6.07) is 19.0. The van der Waals surface area contributed by atoms with E-state index >= 15 is 0 Å². The fourth-order valence-corrected chi connectivity index (χ4v) is 8.76. The molecule has 0 N–H and O–H groups in total. The Morgan fingerprint density at radius 2 is 1.47 bits per heavy atom. The highest BCUT2D eigenvalue weighted by Gasteiger charge is 2.45. The van der Waals surface area contributed by atoms with Gasteiger partial charge >= 0.3 is 6.09 Å². The molecule has 4 aromatic rings. The van der Waals surface area contributed by atoms with Gasteiger partial charge in [0, 0.05) is 82.0 Å². The molecule has 0 saturated carbocycles. The third-order valence-electron chi connectivity index (χ3n) is 10.2. The molecular formula is C41H60N6O4Si2. The first kappa shape index (κ1) is 39.1. The molecule has 12 heteroatoms. The Hall–Kier alpha value is -3.59. The zero-order chi connectivity index (χ0) is 38.0. The lowest BCUT2D eigenvalue weighted by Crippen LogP contribution is -2.48. The summed E-state index contributed by atoms with van der Waals surface area (Å²) in [7, 11) is -2.54. The fraction of sp³-hybridized carbons (Fsp3) is 0.561.